The van der Waals surface area contributed by atoms with E-state index in [9.17, 15) is 22.8 Å². The van der Waals surface area contributed by atoms with Gasteiger partial charge in [0.1, 0.15) is 6.54 Å². The molecule has 0 saturated carbocycles. The van der Waals surface area contributed by atoms with Crippen LogP contribution in [0.2, 0.25) is 0 Å². The van der Waals surface area contributed by atoms with Gasteiger partial charge < -0.3 is 14.9 Å². The molecule has 0 bridgehead atoms. The molecule has 0 aromatic rings. The van der Waals surface area contributed by atoms with Crippen molar-refractivity contribution in [1.29, 1.82) is 0 Å². The number of alkyl halides is 3. The lowest BCUT2D eigenvalue weighted by Crippen LogP contribution is -2.53. The molecular formula is C13H21F3N2O3. The highest BCUT2D eigenvalue weighted by molar-refractivity contribution is 5.80. The molecule has 0 spiro atoms. The van der Waals surface area contributed by atoms with Gasteiger partial charge in [0.15, 0.2) is 0 Å². The number of amides is 2. The van der Waals surface area contributed by atoms with Crippen LogP contribution >= 0.6 is 0 Å². The van der Waals surface area contributed by atoms with Crippen LogP contribution in [0.3, 0.4) is 0 Å². The maximum absolute atomic E-state index is 12.8. The number of hydrogen-bond acceptors (Lipinski definition) is 2. The quantitative estimate of drug-likeness (QED) is 0.868. The molecule has 8 heteroatoms. The summed E-state index contributed by atoms with van der Waals surface area (Å²) in [5, 5.41) is 8.86. The minimum atomic E-state index is -4.33. The van der Waals surface area contributed by atoms with Crippen molar-refractivity contribution >= 4 is 12.0 Å². The number of carbonyl (C=O) groups excluding carboxylic acids is 1. The average molecular weight is 310 g/mol. The topological polar surface area (TPSA) is 60.9 Å². The molecular weight excluding hydrogens is 289 g/mol. The Bertz CT molecular complexity index is 387. The van der Waals surface area contributed by atoms with Crippen LogP contribution in [0.5, 0.6) is 0 Å². The molecule has 1 fully saturated rings. The molecule has 1 N–H and O–H groups in total. The number of hydrogen-bond donors (Lipinski definition) is 1. The van der Waals surface area contributed by atoms with Gasteiger partial charge in [0, 0.05) is 19.1 Å². The zero-order valence-corrected chi connectivity index (χ0v) is 12.2. The van der Waals surface area contributed by atoms with Crippen LogP contribution in [0.1, 0.15) is 33.1 Å². The van der Waals surface area contributed by atoms with E-state index in [-0.39, 0.29) is 25.4 Å². The average Bonchev–Trinajstić information content (AvgIpc) is 2.42. The molecule has 2 atom stereocenters. The molecule has 1 rings (SSSR count). The van der Waals surface area contributed by atoms with Crippen molar-refractivity contribution in [2.45, 2.75) is 45.3 Å². The zero-order chi connectivity index (χ0) is 16.2. The van der Waals surface area contributed by atoms with Gasteiger partial charge >= 0.3 is 18.2 Å². The van der Waals surface area contributed by atoms with E-state index in [1.807, 2.05) is 0 Å². The summed E-state index contributed by atoms with van der Waals surface area (Å²) < 4.78 is 38.3. The number of rotatable bonds is 4. The number of likely N-dealkylation sites (tertiary alicyclic amines) is 1. The van der Waals surface area contributed by atoms with Gasteiger partial charge in [0.25, 0.3) is 0 Å². The first-order valence-electron chi connectivity index (χ1n) is 7.00. The van der Waals surface area contributed by atoms with Crippen molar-refractivity contribution in [2.24, 2.45) is 5.92 Å². The fraction of sp³-hybridized carbons (Fsp3) is 0.846. The molecule has 0 aromatic carbocycles. The molecule has 5 nitrogen and oxygen atoms in total. The number of aliphatic carboxylic acids is 1. The maximum atomic E-state index is 12.8. The summed E-state index contributed by atoms with van der Waals surface area (Å²) in [5.74, 6) is -2.70. The van der Waals surface area contributed by atoms with Crippen LogP contribution in [0.25, 0.3) is 0 Å². The normalized spacial score (nSPS) is 21.0. The summed E-state index contributed by atoms with van der Waals surface area (Å²) in [7, 11) is 0. The number of nitrogens with zero attached hydrogens (tertiary/aromatic N) is 2. The molecule has 0 radical (unpaired) electrons. The van der Waals surface area contributed by atoms with Crippen molar-refractivity contribution in [3.8, 4) is 0 Å². The van der Waals surface area contributed by atoms with Gasteiger partial charge in [0.2, 0.25) is 0 Å². The number of carbonyl (C=O) groups is 2. The third kappa shape index (κ3) is 4.78. The van der Waals surface area contributed by atoms with Crippen LogP contribution in [-0.4, -0.2) is 58.8 Å². The van der Waals surface area contributed by atoms with E-state index >= 15 is 0 Å². The molecule has 1 aliphatic heterocycles. The smallest absolute Gasteiger partial charge is 0.393 e. The van der Waals surface area contributed by atoms with Crippen molar-refractivity contribution < 1.29 is 27.9 Å². The van der Waals surface area contributed by atoms with Crippen LogP contribution in [-0.2, 0) is 4.79 Å². The SMILES string of the molecule is CCC(C)N(CC(=O)O)C(=O)N1CCCC(C(F)(F)F)C1. The molecule has 0 aromatic heterocycles. The van der Waals surface area contributed by atoms with E-state index in [4.69, 9.17) is 5.11 Å². The maximum Gasteiger partial charge on any atom is 0.393 e. The fourth-order valence-electron chi connectivity index (χ4n) is 2.38. The Morgan fingerprint density at radius 3 is 2.52 bits per heavy atom. The van der Waals surface area contributed by atoms with E-state index in [1.165, 1.54) is 0 Å². The summed E-state index contributed by atoms with van der Waals surface area (Å²) >= 11 is 0. The Labute approximate surface area is 121 Å². The van der Waals surface area contributed by atoms with Crippen LogP contribution < -0.4 is 0 Å². The van der Waals surface area contributed by atoms with Gasteiger partial charge in [-0.25, -0.2) is 4.79 Å². The third-order valence-electron chi connectivity index (χ3n) is 3.83. The van der Waals surface area contributed by atoms with E-state index in [2.05, 4.69) is 0 Å². The lowest BCUT2D eigenvalue weighted by Gasteiger charge is -2.38. The monoisotopic (exact) mass is 310 g/mol. The first-order chi connectivity index (χ1) is 9.66. The largest absolute Gasteiger partial charge is 0.480 e. The molecule has 0 aliphatic carbocycles. The highest BCUT2D eigenvalue weighted by Gasteiger charge is 2.43. The number of urea groups is 1. The first-order valence-corrected chi connectivity index (χ1v) is 7.00. The van der Waals surface area contributed by atoms with Gasteiger partial charge in [-0.2, -0.15) is 13.2 Å². The standard InChI is InChI=1S/C13H21F3N2O3/c1-3-9(2)18(8-11(19)20)12(21)17-6-4-5-10(7-17)13(14,15)16/h9-10H,3-8H2,1-2H3,(H,19,20). The molecule has 1 heterocycles. The summed E-state index contributed by atoms with van der Waals surface area (Å²) in [6.07, 6.45) is -3.50. The Balaban J connectivity index is 2.80. The Hall–Kier alpha value is -1.47. The minimum absolute atomic E-state index is 0.00947. The van der Waals surface area contributed by atoms with Crippen LogP contribution in [0, 0.1) is 5.92 Å². The second-order valence-electron chi connectivity index (χ2n) is 5.39. The van der Waals surface area contributed by atoms with E-state index < -0.39 is 37.2 Å². The van der Waals surface area contributed by atoms with Crippen molar-refractivity contribution in [1.82, 2.24) is 9.80 Å². The predicted octanol–water partition coefficient (Wildman–Crippen LogP) is 2.57. The molecule has 2 unspecified atom stereocenters. The van der Waals surface area contributed by atoms with Gasteiger partial charge in [-0.1, -0.05) is 6.92 Å². The number of carboxylic acids is 1. The molecule has 21 heavy (non-hydrogen) atoms. The van der Waals surface area contributed by atoms with Gasteiger partial charge in [0.05, 0.1) is 5.92 Å². The van der Waals surface area contributed by atoms with Gasteiger partial charge in [-0.3, -0.25) is 4.79 Å². The summed E-state index contributed by atoms with van der Waals surface area (Å²) in [6, 6.07) is -0.958. The van der Waals surface area contributed by atoms with Crippen molar-refractivity contribution in [2.75, 3.05) is 19.6 Å². The lowest BCUT2D eigenvalue weighted by atomic mass is 9.98. The summed E-state index contributed by atoms with van der Waals surface area (Å²) in [4.78, 5) is 25.4. The van der Waals surface area contributed by atoms with Gasteiger partial charge in [-0.15, -0.1) is 0 Å². The van der Waals surface area contributed by atoms with E-state index in [1.54, 1.807) is 13.8 Å². The molecule has 1 saturated heterocycles. The second-order valence-corrected chi connectivity index (χ2v) is 5.39. The van der Waals surface area contributed by atoms with Crippen LogP contribution in [0.4, 0.5) is 18.0 Å². The second kappa shape index (κ2) is 7.00. The first kappa shape index (κ1) is 17.6. The van der Waals surface area contributed by atoms with E-state index in [0.29, 0.717) is 6.42 Å². The van der Waals surface area contributed by atoms with Crippen molar-refractivity contribution in [3.63, 3.8) is 0 Å². The predicted molar refractivity (Wildman–Crippen MR) is 69.8 cm³/mol. The number of halogens is 3. The molecule has 122 valence electrons. The molecule has 2 amide bonds. The number of carboxylic acid groups (broad SMARTS) is 1. The summed E-state index contributed by atoms with van der Waals surface area (Å²) in [6.45, 7) is 2.82. The number of piperidine rings is 1. The Kier molecular flexibility index (Phi) is 5.86. The van der Waals surface area contributed by atoms with Crippen LogP contribution in [0.15, 0.2) is 0 Å². The van der Waals surface area contributed by atoms with Crippen molar-refractivity contribution in [3.05, 3.63) is 0 Å². The highest BCUT2D eigenvalue weighted by atomic mass is 19.4. The Morgan fingerprint density at radius 1 is 1.43 bits per heavy atom. The lowest BCUT2D eigenvalue weighted by molar-refractivity contribution is -0.184. The van der Waals surface area contributed by atoms with E-state index in [0.717, 1.165) is 9.80 Å². The highest BCUT2D eigenvalue weighted by Crippen LogP contribution is 2.33. The molecule has 1 aliphatic rings. The minimum Gasteiger partial charge on any atom is -0.480 e. The fourth-order valence-corrected chi connectivity index (χ4v) is 2.38. The third-order valence-corrected chi connectivity index (χ3v) is 3.83. The Morgan fingerprint density at radius 2 is 2.05 bits per heavy atom. The van der Waals surface area contributed by atoms with Gasteiger partial charge in [-0.05, 0) is 26.2 Å². The summed E-state index contributed by atoms with van der Waals surface area (Å²) in [5.41, 5.74) is 0. The zero-order valence-electron chi connectivity index (χ0n) is 12.2.